The van der Waals surface area contributed by atoms with Crippen LogP contribution in [0.15, 0.2) is 42.5 Å². The summed E-state index contributed by atoms with van der Waals surface area (Å²) < 4.78 is 0. The van der Waals surface area contributed by atoms with E-state index in [0.29, 0.717) is 5.56 Å². The average Bonchev–Trinajstić information content (AvgIpc) is 2.47. The number of nitriles is 1. The largest absolute Gasteiger partial charge is 0.350 e. The van der Waals surface area contributed by atoms with Crippen LogP contribution in [-0.4, -0.2) is 6.41 Å². The van der Waals surface area contributed by atoms with Crippen molar-refractivity contribution in [2.24, 2.45) is 0 Å². The topological polar surface area (TPSA) is 52.9 Å². The molecule has 0 saturated heterocycles. The maximum Gasteiger partial charge on any atom is 0.207 e. The quantitative estimate of drug-likeness (QED) is 0.870. The molecule has 0 fully saturated rings. The summed E-state index contributed by atoms with van der Waals surface area (Å²) in [5, 5.41) is 11.7. The lowest BCUT2D eigenvalue weighted by Crippen LogP contribution is -2.35. The minimum Gasteiger partial charge on any atom is -0.350 e. The standard InChI is InChI=1S/C18H18N2O/c1-13-10-14(11-19)4-9-17(13)15-5-7-16(8-6-15)18(2,3)20-12-21/h4-10,12H,1-3H3,(H,20,21). The second-order valence-electron chi connectivity index (χ2n) is 5.61. The number of carbonyl (C=O) groups is 1. The first-order chi connectivity index (χ1) is 9.97. The third-order valence-electron chi connectivity index (χ3n) is 3.69. The van der Waals surface area contributed by atoms with Crippen LogP contribution in [-0.2, 0) is 10.3 Å². The molecule has 0 aliphatic rings. The van der Waals surface area contributed by atoms with Gasteiger partial charge in [-0.15, -0.1) is 0 Å². The van der Waals surface area contributed by atoms with E-state index < -0.39 is 0 Å². The molecule has 2 aromatic rings. The highest BCUT2D eigenvalue weighted by Gasteiger charge is 2.18. The zero-order valence-corrected chi connectivity index (χ0v) is 12.5. The fourth-order valence-electron chi connectivity index (χ4n) is 2.35. The fourth-order valence-corrected chi connectivity index (χ4v) is 2.35. The van der Waals surface area contributed by atoms with Crippen molar-refractivity contribution < 1.29 is 4.79 Å². The van der Waals surface area contributed by atoms with Gasteiger partial charge in [-0.05, 0) is 55.2 Å². The maximum atomic E-state index is 10.6. The summed E-state index contributed by atoms with van der Waals surface area (Å²) in [4.78, 5) is 10.6. The fraction of sp³-hybridized carbons (Fsp3) is 0.222. The SMILES string of the molecule is Cc1cc(C#N)ccc1-c1ccc(C(C)(C)NC=O)cc1. The number of hydrogen-bond acceptors (Lipinski definition) is 2. The van der Waals surface area contributed by atoms with Crippen molar-refractivity contribution in [1.82, 2.24) is 5.32 Å². The van der Waals surface area contributed by atoms with Crippen molar-refractivity contribution in [3.63, 3.8) is 0 Å². The van der Waals surface area contributed by atoms with Gasteiger partial charge in [0.2, 0.25) is 6.41 Å². The number of nitrogens with one attached hydrogen (secondary N) is 1. The smallest absolute Gasteiger partial charge is 0.207 e. The highest BCUT2D eigenvalue weighted by atomic mass is 16.1. The Labute approximate surface area is 125 Å². The van der Waals surface area contributed by atoms with Gasteiger partial charge in [0.05, 0.1) is 17.2 Å². The Morgan fingerprint density at radius 3 is 2.33 bits per heavy atom. The molecule has 0 heterocycles. The average molecular weight is 278 g/mol. The molecule has 0 spiro atoms. The Morgan fingerprint density at radius 1 is 1.14 bits per heavy atom. The second-order valence-corrected chi connectivity index (χ2v) is 5.61. The molecule has 3 nitrogen and oxygen atoms in total. The second kappa shape index (κ2) is 5.80. The zero-order chi connectivity index (χ0) is 15.5. The van der Waals surface area contributed by atoms with Crippen LogP contribution in [0.25, 0.3) is 11.1 Å². The van der Waals surface area contributed by atoms with Crippen LogP contribution >= 0.6 is 0 Å². The van der Waals surface area contributed by atoms with Crippen LogP contribution in [0.4, 0.5) is 0 Å². The molecule has 0 atom stereocenters. The third-order valence-corrected chi connectivity index (χ3v) is 3.69. The normalized spacial score (nSPS) is 10.8. The summed E-state index contributed by atoms with van der Waals surface area (Å²) in [5.74, 6) is 0. The van der Waals surface area contributed by atoms with E-state index in [1.54, 1.807) is 0 Å². The monoisotopic (exact) mass is 278 g/mol. The summed E-state index contributed by atoms with van der Waals surface area (Å²) in [6, 6.07) is 15.9. The van der Waals surface area contributed by atoms with Crippen LogP contribution in [0.3, 0.4) is 0 Å². The highest BCUT2D eigenvalue weighted by Crippen LogP contribution is 2.27. The van der Waals surface area contributed by atoms with Gasteiger partial charge in [0.1, 0.15) is 0 Å². The number of amides is 1. The molecule has 0 unspecified atom stereocenters. The van der Waals surface area contributed by atoms with Gasteiger partial charge in [0.25, 0.3) is 0 Å². The summed E-state index contributed by atoms with van der Waals surface area (Å²) in [5.41, 5.74) is 4.62. The molecule has 0 aliphatic carbocycles. The Balaban J connectivity index is 2.36. The molecular formula is C18H18N2O. The van der Waals surface area contributed by atoms with E-state index in [1.807, 2.05) is 63.2 Å². The van der Waals surface area contributed by atoms with Gasteiger partial charge in [-0.2, -0.15) is 5.26 Å². The number of rotatable bonds is 4. The van der Waals surface area contributed by atoms with Crippen molar-refractivity contribution in [1.29, 1.82) is 5.26 Å². The van der Waals surface area contributed by atoms with Crippen molar-refractivity contribution >= 4 is 6.41 Å². The van der Waals surface area contributed by atoms with E-state index in [-0.39, 0.29) is 5.54 Å². The molecule has 0 saturated carbocycles. The Kier molecular flexibility index (Phi) is 4.09. The van der Waals surface area contributed by atoms with E-state index in [2.05, 4.69) is 11.4 Å². The number of benzene rings is 2. The number of aryl methyl sites for hydroxylation is 1. The van der Waals surface area contributed by atoms with Crippen molar-refractivity contribution in [3.8, 4) is 17.2 Å². The van der Waals surface area contributed by atoms with Crippen molar-refractivity contribution in [2.75, 3.05) is 0 Å². The molecule has 0 aliphatic heterocycles. The van der Waals surface area contributed by atoms with Crippen LogP contribution in [0.1, 0.15) is 30.5 Å². The summed E-state index contributed by atoms with van der Waals surface area (Å²) in [6.07, 6.45) is 0.721. The first-order valence-corrected chi connectivity index (χ1v) is 6.81. The predicted molar refractivity (Wildman–Crippen MR) is 83.6 cm³/mol. The molecule has 3 heteroatoms. The van der Waals surface area contributed by atoms with Crippen LogP contribution in [0.2, 0.25) is 0 Å². The van der Waals surface area contributed by atoms with E-state index in [1.165, 1.54) is 0 Å². The van der Waals surface area contributed by atoms with Gasteiger partial charge >= 0.3 is 0 Å². The predicted octanol–water partition coefficient (Wildman–Crippen LogP) is 3.51. The minimum atomic E-state index is -0.389. The zero-order valence-electron chi connectivity index (χ0n) is 12.5. The van der Waals surface area contributed by atoms with Gasteiger partial charge in [-0.1, -0.05) is 30.3 Å². The maximum absolute atomic E-state index is 10.6. The molecule has 1 amide bonds. The van der Waals surface area contributed by atoms with Gasteiger partial charge in [-0.25, -0.2) is 0 Å². The van der Waals surface area contributed by atoms with Gasteiger partial charge < -0.3 is 5.32 Å². The molecule has 0 radical (unpaired) electrons. The molecule has 106 valence electrons. The van der Waals surface area contributed by atoms with Crippen LogP contribution < -0.4 is 5.32 Å². The lowest BCUT2D eigenvalue weighted by atomic mass is 9.91. The van der Waals surface area contributed by atoms with Crippen molar-refractivity contribution in [2.45, 2.75) is 26.3 Å². The first-order valence-electron chi connectivity index (χ1n) is 6.81. The number of hydrogen-bond donors (Lipinski definition) is 1. The number of carbonyl (C=O) groups excluding carboxylic acids is 1. The molecule has 2 aromatic carbocycles. The van der Waals surface area contributed by atoms with Crippen LogP contribution in [0.5, 0.6) is 0 Å². The molecule has 2 rings (SSSR count). The molecular weight excluding hydrogens is 260 g/mol. The van der Waals surface area contributed by atoms with Gasteiger partial charge in [0.15, 0.2) is 0 Å². The third kappa shape index (κ3) is 3.11. The molecule has 0 bridgehead atoms. The lowest BCUT2D eigenvalue weighted by Gasteiger charge is -2.24. The van der Waals surface area contributed by atoms with E-state index in [9.17, 15) is 4.79 Å². The summed E-state index contributed by atoms with van der Waals surface area (Å²) in [6.45, 7) is 5.93. The summed E-state index contributed by atoms with van der Waals surface area (Å²) >= 11 is 0. The van der Waals surface area contributed by atoms with Crippen molar-refractivity contribution in [3.05, 3.63) is 59.2 Å². The van der Waals surface area contributed by atoms with Crippen LogP contribution in [0, 0.1) is 18.3 Å². The van der Waals surface area contributed by atoms with E-state index in [0.717, 1.165) is 28.7 Å². The Bertz CT molecular complexity index is 694. The van der Waals surface area contributed by atoms with Gasteiger partial charge in [-0.3, -0.25) is 4.79 Å². The Hall–Kier alpha value is -2.60. The molecule has 0 aromatic heterocycles. The number of nitrogens with zero attached hydrogens (tertiary/aromatic N) is 1. The highest BCUT2D eigenvalue weighted by molar-refractivity contribution is 5.68. The minimum absolute atomic E-state index is 0.389. The van der Waals surface area contributed by atoms with E-state index in [4.69, 9.17) is 5.26 Å². The Morgan fingerprint density at radius 2 is 1.81 bits per heavy atom. The molecule has 21 heavy (non-hydrogen) atoms. The molecule has 1 N–H and O–H groups in total. The lowest BCUT2D eigenvalue weighted by molar-refractivity contribution is -0.111. The summed E-state index contributed by atoms with van der Waals surface area (Å²) in [7, 11) is 0. The first kappa shape index (κ1) is 14.8. The van der Waals surface area contributed by atoms with Gasteiger partial charge in [0, 0.05) is 0 Å². The van der Waals surface area contributed by atoms with E-state index >= 15 is 0 Å².